The lowest BCUT2D eigenvalue weighted by Crippen LogP contribution is -2.19. The summed E-state index contributed by atoms with van der Waals surface area (Å²) >= 11 is 0. The van der Waals surface area contributed by atoms with Gasteiger partial charge in [0, 0.05) is 13.0 Å². The van der Waals surface area contributed by atoms with E-state index in [-0.39, 0.29) is 6.10 Å². The maximum atomic E-state index is 5.82. The largest absolute Gasteiger partial charge is 0.370 e. The first-order chi connectivity index (χ1) is 9.47. The minimum atomic E-state index is -0.0982. The molecule has 0 aromatic carbocycles. The topological polar surface area (TPSA) is 74.2 Å². The second kappa shape index (κ2) is 8.37. The van der Waals surface area contributed by atoms with Crippen LogP contribution in [0.1, 0.15) is 58.9 Å². The first-order valence-electron chi connectivity index (χ1n) is 7.62. The minimum absolute atomic E-state index is 0.0982. The van der Waals surface area contributed by atoms with E-state index in [0.717, 1.165) is 12.8 Å². The fraction of sp³-hybridized carbons (Fsp3) is 0.867. The van der Waals surface area contributed by atoms with Crippen molar-refractivity contribution in [1.82, 2.24) is 10.1 Å². The molecule has 0 radical (unpaired) electrons. The van der Waals surface area contributed by atoms with Gasteiger partial charge >= 0.3 is 0 Å². The van der Waals surface area contributed by atoms with E-state index < -0.39 is 0 Å². The van der Waals surface area contributed by atoms with E-state index in [2.05, 4.69) is 37.8 Å². The van der Waals surface area contributed by atoms with Crippen molar-refractivity contribution in [2.45, 2.75) is 53.6 Å². The molecule has 1 heterocycles. The molecule has 0 aliphatic heterocycles. The lowest BCUT2D eigenvalue weighted by atomic mass is 9.94. The molecule has 5 nitrogen and oxygen atoms in total. The molecule has 0 bridgehead atoms. The summed E-state index contributed by atoms with van der Waals surface area (Å²) in [4.78, 5) is 4.49. The third-order valence-corrected chi connectivity index (χ3v) is 3.29. The van der Waals surface area contributed by atoms with Crippen molar-refractivity contribution < 1.29 is 9.26 Å². The highest BCUT2D eigenvalue weighted by molar-refractivity contribution is 4.94. The number of ether oxygens (including phenoxy) is 1. The second-order valence-electron chi connectivity index (χ2n) is 6.10. The zero-order valence-corrected chi connectivity index (χ0v) is 13.4. The lowest BCUT2D eigenvalue weighted by Gasteiger charge is -2.16. The van der Waals surface area contributed by atoms with E-state index in [9.17, 15) is 0 Å². The van der Waals surface area contributed by atoms with Crippen molar-refractivity contribution in [3.8, 4) is 0 Å². The van der Waals surface area contributed by atoms with E-state index in [0.29, 0.717) is 42.6 Å². The summed E-state index contributed by atoms with van der Waals surface area (Å²) in [5, 5.41) is 4.07. The predicted octanol–water partition coefficient (Wildman–Crippen LogP) is 2.97. The molecular weight excluding hydrogens is 254 g/mol. The lowest BCUT2D eigenvalue weighted by molar-refractivity contribution is 0.0217. The molecule has 0 fully saturated rings. The van der Waals surface area contributed by atoms with Crippen LogP contribution in [0.2, 0.25) is 0 Å². The molecule has 0 aliphatic rings. The predicted molar refractivity (Wildman–Crippen MR) is 79.2 cm³/mol. The Labute approximate surface area is 122 Å². The Morgan fingerprint density at radius 2 is 1.95 bits per heavy atom. The maximum Gasteiger partial charge on any atom is 0.227 e. The van der Waals surface area contributed by atoms with Crippen LogP contribution in [0, 0.1) is 17.8 Å². The summed E-state index contributed by atoms with van der Waals surface area (Å²) in [7, 11) is 0. The third kappa shape index (κ3) is 5.21. The number of nitrogens with zero attached hydrogens (tertiary/aromatic N) is 2. The van der Waals surface area contributed by atoms with Gasteiger partial charge in [0.25, 0.3) is 0 Å². The molecule has 0 aliphatic carbocycles. The van der Waals surface area contributed by atoms with Gasteiger partial charge in [0.05, 0.1) is 0 Å². The number of nitrogens with two attached hydrogens (primary N) is 1. The van der Waals surface area contributed by atoms with E-state index in [1.807, 2.05) is 6.92 Å². The number of hydrogen-bond acceptors (Lipinski definition) is 5. The van der Waals surface area contributed by atoms with Crippen molar-refractivity contribution in [1.29, 1.82) is 0 Å². The molecule has 20 heavy (non-hydrogen) atoms. The van der Waals surface area contributed by atoms with Gasteiger partial charge in [-0.3, -0.25) is 0 Å². The van der Waals surface area contributed by atoms with Crippen LogP contribution < -0.4 is 5.73 Å². The Morgan fingerprint density at radius 1 is 1.25 bits per heavy atom. The standard InChI is InChI=1S/C15H29N3O2/c1-6-19-14(11(4)5)15-17-13(20-18-15)8-12(9-16)7-10(2)3/h10-12,14H,6-9,16H2,1-5H3. The zero-order chi connectivity index (χ0) is 15.1. The second-order valence-corrected chi connectivity index (χ2v) is 6.10. The summed E-state index contributed by atoms with van der Waals surface area (Å²) in [5.74, 6) is 2.66. The maximum absolute atomic E-state index is 5.82. The highest BCUT2D eigenvalue weighted by Crippen LogP contribution is 2.24. The van der Waals surface area contributed by atoms with Crippen molar-refractivity contribution in [2.24, 2.45) is 23.5 Å². The zero-order valence-electron chi connectivity index (χ0n) is 13.4. The minimum Gasteiger partial charge on any atom is -0.370 e. The Morgan fingerprint density at radius 3 is 2.45 bits per heavy atom. The van der Waals surface area contributed by atoms with Crippen LogP contribution >= 0.6 is 0 Å². The highest BCUT2D eigenvalue weighted by atomic mass is 16.5. The third-order valence-electron chi connectivity index (χ3n) is 3.29. The summed E-state index contributed by atoms with van der Waals surface area (Å²) in [6, 6.07) is 0. The van der Waals surface area contributed by atoms with Gasteiger partial charge in [-0.1, -0.05) is 32.9 Å². The molecule has 2 unspecified atom stereocenters. The van der Waals surface area contributed by atoms with Gasteiger partial charge in [-0.15, -0.1) is 0 Å². The van der Waals surface area contributed by atoms with Gasteiger partial charge < -0.3 is 15.0 Å². The smallest absolute Gasteiger partial charge is 0.227 e. The molecule has 0 amide bonds. The Hall–Kier alpha value is -0.940. The fourth-order valence-electron chi connectivity index (χ4n) is 2.39. The first kappa shape index (κ1) is 17.1. The van der Waals surface area contributed by atoms with Crippen molar-refractivity contribution in [3.63, 3.8) is 0 Å². The first-order valence-corrected chi connectivity index (χ1v) is 7.62. The summed E-state index contributed by atoms with van der Waals surface area (Å²) in [6.45, 7) is 11.9. The summed E-state index contributed by atoms with van der Waals surface area (Å²) < 4.78 is 11.0. The Bertz CT molecular complexity index is 377. The van der Waals surface area contributed by atoms with Crippen LogP contribution in [0.5, 0.6) is 0 Å². The number of aromatic nitrogens is 2. The van der Waals surface area contributed by atoms with Crippen LogP contribution in [-0.4, -0.2) is 23.3 Å². The Balaban J connectivity index is 2.70. The molecular formula is C15H29N3O2. The van der Waals surface area contributed by atoms with Crippen LogP contribution in [0.3, 0.4) is 0 Å². The average molecular weight is 283 g/mol. The summed E-state index contributed by atoms with van der Waals surface area (Å²) in [6.07, 6.45) is 1.73. The molecule has 0 saturated carbocycles. The van der Waals surface area contributed by atoms with Gasteiger partial charge in [-0.05, 0) is 37.6 Å². The average Bonchev–Trinajstić information content (AvgIpc) is 2.82. The number of hydrogen-bond donors (Lipinski definition) is 1. The van der Waals surface area contributed by atoms with Crippen LogP contribution in [0.4, 0.5) is 0 Å². The SMILES string of the molecule is CCOC(c1noc(CC(CN)CC(C)C)n1)C(C)C. The van der Waals surface area contributed by atoms with Crippen LogP contribution in [0.15, 0.2) is 4.52 Å². The van der Waals surface area contributed by atoms with Crippen molar-refractivity contribution in [3.05, 3.63) is 11.7 Å². The van der Waals surface area contributed by atoms with Crippen molar-refractivity contribution in [2.75, 3.05) is 13.2 Å². The highest BCUT2D eigenvalue weighted by Gasteiger charge is 2.23. The van der Waals surface area contributed by atoms with Gasteiger partial charge in [-0.2, -0.15) is 4.98 Å². The van der Waals surface area contributed by atoms with E-state index in [4.69, 9.17) is 15.0 Å². The van der Waals surface area contributed by atoms with Crippen LogP contribution in [-0.2, 0) is 11.2 Å². The molecule has 116 valence electrons. The molecule has 1 rings (SSSR count). The molecule has 0 spiro atoms. The summed E-state index contributed by atoms with van der Waals surface area (Å²) in [5.41, 5.74) is 5.82. The monoisotopic (exact) mass is 283 g/mol. The van der Waals surface area contributed by atoms with Gasteiger partial charge in [0.2, 0.25) is 11.7 Å². The van der Waals surface area contributed by atoms with E-state index >= 15 is 0 Å². The van der Waals surface area contributed by atoms with Gasteiger partial charge in [-0.25, -0.2) is 0 Å². The van der Waals surface area contributed by atoms with Gasteiger partial charge in [0.1, 0.15) is 6.10 Å². The van der Waals surface area contributed by atoms with E-state index in [1.54, 1.807) is 0 Å². The van der Waals surface area contributed by atoms with E-state index in [1.165, 1.54) is 0 Å². The molecule has 1 aromatic rings. The van der Waals surface area contributed by atoms with Gasteiger partial charge in [0.15, 0.2) is 0 Å². The molecule has 2 atom stereocenters. The Kier molecular flexibility index (Phi) is 7.16. The normalized spacial score (nSPS) is 15.0. The molecule has 1 aromatic heterocycles. The molecule has 0 saturated heterocycles. The van der Waals surface area contributed by atoms with Crippen LogP contribution in [0.25, 0.3) is 0 Å². The fourth-order valence-corrected chi connectivity index (χ4v) is 2.39. The molecule has 2 N–H and O–H groups in total. The quantitative estimate of drug-likeness (QED) is 0.754. The van der Waals surface area contributed by atoms with Crippen molar-refractivity contribution >= 4 is 0 Å². The number of rotatable bonds is 9. The molecule has 5 heteroatoms.